The van der Waals surface area contributed by atoms with Gasteiger partial charge in [0.1, 0.15) is 0 Å². The quantitative estimate of drug-likeness (QED) is 0.133. The van der Waals surface area contributed by atoms with E-state index in [1.54, 1.807) is 19.2 Å². The predicted octanol–water partition coefficient (Wildman–Crippen LogP) is 3.10. The molecule has 2 heterocycles. The molecule has 0 saturated carbocycles. The van der Waals surface area contributed by atoms with Crippen molar-refractivity contribution in [1.82, 2.24) is 20.4 Å². The summed E-state index contributed by atoms with van der Waals surface area (Å²) in [5.74, 6) is 0.836. The molecule has 0 aliphatic carbocycles. The van der Waals surface area contributed by atoms with Gasteiger partial charge in [-0.1, -0.05) is 12.1 Å². The normalized spacial score (nSPS) is 16.5. The number of unbranched alkanes of at least 4 members (excludes halogenated alkanes) is 1. The van der Waals surface area contributed by atoms with Crippen LogP contribution in [0.15, 0.2) is 41.7 Å². The number of benzene rings is 1. The van der Waals surface area contributed by atoms with E-state index in [-0.39, 0.29) is 34.6 Å². The van der Waals surface area contributed by atoms with Crippen LogP contribution in [0.25, 0.3) is 0 Å². The summed E-state index contributed by atoms with van der Waals surface area (Å²) in [6.45, 7) is 2.83. The Bertz CT molecular complexity index is 854. The van der Waals surface area contributed by atoms with Crippen LogP contribution in [0.3, 0.4) is 0 Å². The average Bonchev–Trinajstić information content (AvgIpc) is 3.19. The van der Waals surface area contributed by atoms with Crippen LogP contribution in [0, 0.1) is 10.1 Å². The van der Waals surface area contributed by atoms with Gasteiger partial charge in [0.2, 0.25) is 0 Å². The van der Waals surface area contributed by atoms with E-state index >= 15 is 0 Å². The Labute approximate surface area is 200 Å². The number of nitro benzene ring substituents is 1. The van der Waals surface area contributed by atoms with Gasteiger partial charge in [0.25, 0.3) is 5.69 Å². The number of guanidine groups is 1. The molecular weight excluding hydrogens is 509 g/mol. The first-order chi connectivity index (χ1) is 14.5. The third-order valence-corrected chi connectivity index (χ3v) is 5.37. The third kappa shape index (κ3) is 7.67. The minimum Gasteiger partial charge on any atom is -0.367 e. The molecule has 1 unspecified atom stereocenters. The monoisotopic (exact) mass is 541 g/mol. The molecule has 1 aromatic heterocycles. The summed E-state index contributed by atoms with van der Waals surface area (Å²) < 4.78 is 1.84. The van der Waals surface area contributed by atoms with Gasteiger partial charge in [-0.05, 0) is 37.7 Å². The molecule has 0 bridgehead atoms. The number of nitrogens with one attached hydrogen (secondary N) is 2. The molecule has 9 nitrogen and oxygen atoms in total. The number of non-ortho nitro benzene ring substituents is 1. The van der Waals surface area contributed by atoms with Gasteiger partial charge in [-0.15, -0.1) is 24.0 Å². The molecule has 3 rings (SSSR count). The first kappa shape index (κ1) is 24.9. The Morgan fingerprint density at radius 2 is 2.10 bits per heavy atom. The van der Waals surface area contributed by atoms with Gasteiger partial charge in [-0.3, -0.25) is 19.8 Å². The summed E-state index contributed by atoms with van der Waals surface area (Å²) >= 11 is 0. The van der Waals surface area contributed by atoms with Crippen molar-refractivity contribution in [2.24, 2.45) is 12.0 Å². The molecular formula is C21H32IN7O2. The van der Waals surface area contributed by atoms with E-state index in [1.165, 1.54) is 0 Å². The number of halogens is 1. The van der Waals surface area contributed by atoms with Crippen LogP contribution in [0.1, 0.15) is 31.2 Å². The highest BCUT2D eigenvalue weighted by atomic mass is 127. The second-order valence-corrected chi connectivity index (χ2v) is 7.68. The molecule has 31 heavy (non-hydrogen) atoms. The maximum atomic E-state index is 10.7. The van der Waals surface area contributed by atoms with E-state index in [4.69, 9.17) is 0 Å². The van der Waals surface area contributed by atoms with Gasteiger partial charge in [-0.25, -0.2) is 0 Å². The van der Waals surface area contributed by atoms with Crippen LogP contribution in [0.4, 0.5) is 11.4 Å². The zero-order valence-corrected chi connectivity index (χ0v) is 20.5. The number of aromatic nitrogens is 2. The minimum absolute atomic E-state index is 0. The molecule has 10 heteroatoms. The molecule has 1 aliphatic heterocycles. The van der Waals surface area contributed by atoms with E-state index in [1.807, 2.05) is 30.1 Å². The van der Waals surface area contributed by atoms with Crippen molar-refractivity contribution in [2.45, 2.75) is 38.1 Å². The molecule has 2 N–H and O–H groups in total. The van der Waals surface area contributed by atoms with Gasteiger partial charge in [0, 0.05) is 58.1 Å². The fourth-order valence-corrected chi connectivity index (χ4v) is 3.73. The molecule has 1 fully saturated rings. The molecule has 1 saturated heterocycles. The maximum Gasteiger partial charge on any atom is 0.269 e. The fraction of sp³-hybridized carbons (Fsp3) is 0.524. The third-order valence-electron chi connectivity index (χ3n) is 5.37. The standard InChI is InChI=1S/C21H31N7O2.HI/c1-22-21(23-12-4-3-6-17-8-10-19(11-9-17)28(29)30)25-18-7-5-13-27(15-18)20-14-24-26(2)16-20;/h8-11,14,16,18H,3-7,12-13,15H2,1-2H3,(H2,22,23,25);1H. The molecule has 0 amide bonds. The molecule has 0 radical (unpaired) electrons. The molecule has 1 atom stereocenters. The van der Waals surface area contributed by atoms with Crippen LogP contribution in [-0.4, -0.2) is 53.4 Å². The van der Waals surface area contributed by atoms with Gasteiger partial charge in [0.15, 0.2) is 5.96 Å². The highest BCUT2D eigenvalue weighted by Crippen LogP contribution is 2.19. The molecule has 170 valence electrons. The molecule has 2 aromatic rings. The van der Waals surface area contributed by atoms with Crippen molar-refractivity contribution in [3.05, 3.63) is 52.3 Å². The second kappa shape index (κ2) is 12.5. The number of aryl methyl sites for hydroxylation is 2. The van der Waals surface area contributed by atoms with Crippen LogP contribution >= 0.6 is 24.0 Å². The van der Waals surface area contributed by atoms with Crippen LogP contribution in [0.2, 0.25) is 0 Å². The summed E-state index contributed by atoms with van der Waals surface area (Å²) in [6, 6.07) is 7.16. The zero-order valence-electron chi connectivity index (χ0n) is 18.2. The summed E-state index contributed by atoms with van der Waals surface area (Å²) in [6.07, 6.45) is 9.16. The first-order valence-corrected chi connectivity index (χ1v) is 10.5. The average molecular weight is 541 g/mol. The number of anilines is 1. The first-order valence-electron chi connectivity index (χ1n) is 10.5. The van der Waals surface area contributed by atoms with E-state index in [0.29, 0.717) is 6.04 Å². The smallest absolute Gasteiger partial charge is 0.269 e. The van der Waals surface area contributed by atoms with Crippen molar-refractivity contribution >= 4 is 41.3 Å². The van der Waals surface area contributed by atoms with Crippen molar-refractivity contribution in [2.75, 3.05) is 31.6 Å². The Morgan fingerprint density at radius 1 is 1.32 bits per heavy atom. The van der Waals surface area contributed by atoms with Gasteiger partial charge < -0.3 is 15.5 Å². The number of aliphatic imine (C=N–C) groups is 1. The van der Waals surface area contributed by atoms with Crippen LogP contribution in [-0.2, 0) is 13.5 Å². The lowest BCUT2D eigenvalue weighted by atomic mass is 10.1. The number of hydrogen-bond donors (Lipinski definition) is 2. The van der Waals surface area contributed by atoms with Gasteiger partial charge in [-0.2, -0.15) is 5.10 Å². The van der Waals surface area contributed by atoms with E-state index in [9.17, 15) is 10.1 Å². The number of piperidine rings is 1. The Hall–Kier alpha value is -2.37. The summed E-state index contributed by atoms with van der Waals surface area (Å²) in [5.41, 5.74) is 2.43. The molecule has 0 spiro atoms. The highest BCUT2D eigenvalue weighted by Gasteiger charge is 2.21. The lowest BCUT2D eigenvalue weighted by Gasteiger charge is -2.34. The lowest BCUT2D eigenvalue weighted by Crippen LogP contribution is -2.51. The number of nitro groups is 1. The Morgan fingerprint density at radius 3 is 2.74 bits per heavy atom. The number of nitrogens with zero attached hydrogens (tertiary/aromatic N) is 5. The minimum atomic E-state index is -0.366. The lowest BCUT2D eigenvalue weighted by molar-refractivity contribution is -0.384. The summed E-state index contributed by atoms with van der Waals surface area (Å²) in [5, 5.41) is 21.9. The Kier molecular flexibility index (Phi) is 10.0. The topological polar surface area (TPSA) is 101 Å². The largest absolute Gasteiger partial charge is 0.367 e. The second-order valence-electron chi connectivity index (χ2n) is 7.68. The van der Waals surface area contributed by atoms with Crippen molar-refractivity contribution in [1.29, 1.82) is 0 Å². The Balaban J connectivity index is 0.00000341. The van der Waals surface area contributed by atoms with Crippen molar-refractivity contribution in [3.8, 4) is 0 Å². The summed E-state index contributed by atoms with van der Waals surface area (Å²) in [7, 11) is 3.74. The van der Waals surface area contributed by atoms with Crippen molar-refractivity contribution in [3.63, 3.8) is 0 Å². The SMILES string of the molecule is CN=C(NCCCCc1ccc([N+](=O)[O-])cc1)NC1CCCN(c2cnn(C)c2)C1.I. The van der Waals surface area contributed by atoms with Crippen molar-refractivity contribution < 1.29 is 4.92 Å². The molecule has 1 aromatic carbocycles. The zero-order chi connectivity index (χ0) is 21.3. The maximum absolute atomic E-state index is 10.7. The van der Waals surface area contributed by atoms with Gasteiger partial charge >= 0.3 is 0 Å². The molecule has 1 aliphatic rings. The highest BCUT2D eigenvalue weighted by molar-refractivity contribution is 14.0. The fourth-order valence-electron chi connectivity index (χ4n) is 3.73. The van der Waals surface area contributed by atoms with Gasteiger partial charge in [0.05, 0.1) is 16.8 Å². The van der Waals surface area contributed by atoms with E-state index < -0.39 is 0 Å². The van der Waals surface area contributed by atoms with Crippen LogP contribution < -0.4 is 15.5 Å². The summed E-state index contributed by atoms with van der Waals surface area (Å²) in [4.78, 5) is 17.1. The number of rotatable bonds is 8. The van der Waals surface area contributed by atoms with E-state index in [2.05, 4.69) is 31.8 Å². The van der Waals surface area contributed by atoms with E-state index in [0.717, 1.165) is 68.9 Å². The van der Waals surface area contributed by atoms with Crippen LogP contribution in [0.5, 0.6) is 0 Å². The number of hydrogen-bond acceptors (Lipinski definition) is 5. The predicted molar refractivity (Wildman–Crippen MR) is 134 cm³/mol.